The summed E-state index contributed by atoms with van der Waals surface area (Å²) in [6, 6.07) is 7.02. The Balaban J connectivity index is 2.01. The lowest BCUT2D eigenvalue weighted by molar-refractivity contribution is 0.101. The Labute approximate surface area is 111 Å². The zero-order valence-corrected chi connectivity index (χ0v) is 11.2. The average molecular weight is 260 g/mol. The minimum absolute atomic E-state index is 0.00658. The van der Waals surface area contributed by atoms with E-state index in [-0.39, 0.29) is 18.3 Å². The van der Waals surface area contributed by atoms with E-state index in [1.54, 1.807) is 24.3 Å². The van der Waals surface area contributed by atoms with Crippen molar-refractivity contribution in [1.82, 2.24) is 10.1 Å². The molecule has 0 amide bonds. The molecule has 2 aromatic rings. The Hall–Kier alpha value is -2.17. The molecule has 19 heavy (non-hydrogen) atoms. The van der Waals surface area contributed by atoms with E-state index in [0.29, 0.717) is 23.0 Å². The molecule has 1 aromatic heterocycles. The van der Waals surface area contributed by atoms with Gasteiger partial charge in [0.1, 0.15) is 5.75 Å². The van der Waals surface area contributed by atoms with Crippen LogP contribution in [0.4, 0.5) is 0 Å². The molecular weight excluding hydrogens is 244 g/mol. The maximum absolute atomic E-state index is 11.3. The van der Waals surface area contributed by atoms with Crippen molar-refractivity contribution >= 4 is 5.78 Å². The monoisotopic (exact) mass is 260 g/mol. The number of hydrogen-bond donors (Lipinski definition) is 0. The number of rotatable bonds is 5. The lowest BCUT2D eigenvalue weighted by Crippen LogP contribution is -1.99. The molecule has 5 nitrogen and oxygen atoms in total. The summed E-state index contributed by atoms with van der Waals surface area (Å²) in [7, 11) is 0. The summed E-state index contributed by atoms with van der Waals surface area (Å²) in [5.41, 5.74) is 0.619. The second-order valence-corrected chi connectivity index (χ2v) is 4.58. The zero-order chi connectivity index (χ0) is 13.8. The highest BCUT2D eigenvalue weighted by Crippen LogP contribution is 2.16. The number of carbonyl (C=O) groups excluding carboxylic acids is 1. The Morgan fingerprint density at radius 3 is 2.84 bits per heavy atom. The summed E-state index contributed by atoms with van der Waals surface area (Å²) < 4.78 is 10.6. The fourth-order valence-electron chi connectivity index (χ4n) is 1.51. The molecule has 5 heteroatoms. The van der Waals surface area contributed by atoms with Crippen LogP contribution in [0.1, 0.15) is 48.8 Å². The summed E-state index contributed by atoms with van der Waals surface area (Å²) >= 11 is 0. The van der Waals surface area contributed by atoms with E-state index in [2.05, 4.69) is 10.1 Å². The van der Waals surface area contributed by atoms with Gasteiger partial charge in [-0.3, -0.25) is 4.79 Å². The van der Waals surface area contributed by atoms with Crippen LogP contribution in [-0.4, -0.2) is 15.9 Å². The van der Waals surface area contributed by atoms with Crippen LogP contribution < -0.4 is 4.74 Å². The van der Waals surface area contributed by atoms with Crippen LogP contribution in [0, 0.1) is 0 Å². The second-order valence-electron chi connectivity index (χ2n) is 4.58. The number of aromatic nitrogens is 2. The van der Waals surface area contributed by atoms with Crippen LogP contribution in [0.25, 0.3) is 0 Å². The van der Waals surface area contributed by atoms with Gasteiger partial charge in [0.25, 0.3) is 0 Å². The van der Waals surface area contributed by atoms with Gasteiger partial charge in [0.15, 0.2) is 12.4 Å². The number of ether oxygens (including phenoxy) is 1. The third kappa shape index (κ3) is 3.40. The first-order chi connectivity index (χ1) is 9.06. The van der Waals surface area contributed by atoms with Gasteiger partial charge in [-0.15, -0.1) is 0 Å². The first-order valence-corrected chi connectivity index (χ1v) is 6.12. The van der Waals surface area contributed by atoms with Crippen molar-refractivity contribution in [3.63, 3.8) is 0 Å². The van der Waals surface area contributed by atoms with Crippen LogP contribution in [0.5, 0.6) is 5.75 Å². The van der Waals surface area contributed by atoms with Crippen molar-refractivity contribution in [2.45, 2.75) is 33.3 Å². The first kappa shape index (κ1) is 13.3. The molecule has 0 unspecified atom stereocenters. The maximum atomic E-state index is 11.3. The van der Waals surface area contributed by atoms with Crippen LogP contribution in [0.2, 0.25) is 0 Å². The van der Waals surface area contributed by atoms with Gasteiger partial charge in [-0.25, -0.2) is 0 Å². The van der Waals surface area contributed by atoms with Crippen molar-refractivity contribution in [2.75, 3.05) is 0 Å². The molecule has 0 aliphatic carbocycles. The number of ketones is 1. The molecule has 2 rings (SSSR count). The van der Waals surface area contributed by atoms with Crippen molar-refractivity contribution in [2.24, 2.45) is 0 Å². The molecule has 1 heterocycles. The molecule has 0 aliphatic heterocycles. The van der Waals surface area contributed by atoms with Crippen molar-refractivity contribution < 1.29 is 14.1 Å². The van der Waals surface area contributed by atoms with E-state index in [4.69, 9.17) is 9.26 Å². The van der Waals surface area contributed by atoms with Gasteiger partial charge in [0, 0.05) is 11.5 Å². The fourth-order valence-corrected chi connectivity index (χ4v) is 1.51. The highest BCUT2D eigenvalue weighted by Gasteiger charge is 2.10. The molecule has 0 fully saturated rings. The van der Waals surface area contributed by atoms with Crippen molar-refractivity contribution in [1.29, 1.82) is 0 Å². The Kier molecular flexibility index (Phi) is 3.94. The molecule has 1 aromatic carbocycles. The first-order valence-electron chi connectivity index (χ1n) is 6.12. The number of carbonyl (C=O) groups is 1. The second kappa shape index (κ2) is 5.65. The molecule has 0 bridgehead atoms. The third-order valence-electron chi connectivity index (χ3n) is 2.59. The Morgan fingerprint density at radius 2 is 2.21 bits per heavy atom. The van der Waals surface area contributed by atoms with Crippen LogP contribution in [0.3, 0.4) is 0 Å². The third-order valence-corrected chi connectivity index (χ3v) is 2.59. The smallest absolute Gasteiger partial charge is 0.229 e. The number of nitrogens with zero attached hydrogens (tertiary/aromatic N) is 2. The highest BCUT2D eigenvalue weighted by atomic mass is 16.5. The normalized spacial score (nSPS) is 10.7. The topological polar surface area (TPSA) is 65.2 Å². The molecular formula is C14H16N2O3. The number of Topliss-reactive ketones (excluding diaryl/α,β-unsaturated/α-hetero) is 1. The van der Waals surface area contributed by atoms with E-state index in [0.717, 1.165) is 0 Å². The largest absolute Gasteiger partial charge is 0.485 e. The fraction of sp³-hybridized carbons (Fsp3) is 0.357. The quantitative estimate of drug-likeness (QED) is 0.773. The molecule has 0 saturated carbocycles. The molecule has 0 spiro atoms. The van der Waals surface area contributed by atoms with E-state index < -0.39 is 0 Å². The lowest BCUT2D eigenvalue weighted by atomic mass is 10.1. The SMILES string of the molecule is CC(=O)c1cccc(OCc2noc(C(C)C)n2)c1. The van der Waals surface area contributed by atoms with Gasteiger partial charge in [-0.1, -0.05) is 31.1 Å². The van der Waals surface area contributed by atoms with E-state index in [1.165, 1.54) is 6.92 Å². The van der Waals surface area contributed by atoms with Gasteiger partial charge >= 0.3 is 0 Å². The molecule has 100 valence electrons. The van der Waals surface area contributed by atoms with Gasteiger partial charge in [-0.2, -0.15) is 4.98 Å². The summed E-state index contributed by atoms with van der Waals surface area (Å²) in [6.45, 7) is 5.70. The van der Waals surface area contributed by atoms with Crippen molar-refractivity contribution in [3.05, 3.63) is 41.5 Å². The standard InChI is InChI=1S/C14H16N2O3/c1-9(2)14-15-13(16-19-14)8-18-12-6-4-5-11(7-12)10(3)17/h4-7,9H,8H2,1-3H3. The van der Waals surface area contributed by atoms with Crippen molar-refractivity contribution in [3.8, 4) is 5.75 Å². The van der Waals surface area contributed by atoms with Gasteiger partial charge in [-0.05, 0) is 19.1 Å². The summed E-state index contributed by atoms with van der Waals surface area (Å²) in [5, 5.41) is 3.83. The van der Waals surface area contributed by atoms with E-state index in [1.807, 2.05) is 13.8 Å². The molecule has 0 saturated heterocycles. The predicted octanol–water partition coefficient (Wildman–Crippen LogP) is 2.97. The van der Waals surface area contributed by atoms with Crippen LogP contribution >= 0.6 is 0 Å². The molecule has 0 aliphatic rings. The average Bonchev–Trinajstić information content (AvgIpc) is 2.85. The van der Waals surface area contributed by atoms with Gasteiger partial charge in [0.05, 0.1) is 0 Å². The van der Waals surface area contributed by atoms with Gasteiger partial charge < -0.3 is 9.26 Å². The highest BCUT2D eigenvalue weighted by molar-refractivity contribution is 5.94. The molecule has 0 N–H and O–H groups in total. The summed E-state index contributed by atoms with van der Waals surface area (Å²) in [4.78, 5) is 15.5. The Morgan fingerprint density at radius 1 is 1.42 bits per heavy atom. The zero-order valence-electron chi connectivity index (χ0n) is 11.2. The number of hydrogen-bond acceptors (Lipinski definition) is 5. The maximum Gasteiger partial charge on any atom is 0.229 e. The number of benzene rings is 1. The van der Waals surface area contributed by atoms with Gasteiger partial charge in [0.2, 0.25) is 11.7 Å². The van der Waals surface area contributed by atoms with Crippen LogP contribution in [-0.2, 0) is 6.61 Å². The van der Waals surface area contributed by atoms with Crippen LogP contribution in [0.15, 0.2) is 28.8 Å². The summed E-state index contributed by atoms with van der Waals surface area (Å²) in [5.74, 6) is 1.91. The molecule has 0 radical (unpaired) electrons. The minimum atomic E-state index is 0.00658. The molecule has 0 atom stereocenters. The Bertz CT molecular complexity index is 576. The van der Waals surface area contributed by atoms with E-state index >= 15 is 0 Å². The predicted molar refractivity (Wildman–Crippen MR) is 69.2 cm³/mol. The minimum Gasteiger partial charge on any atom is -0.485 e. The summed E-state index contributed by atoms with van der Waals surface area (Å²) in [6.07, 6.45) is 0. The van der Waals surface area contributed by atoms with E-state index in [9.17, 15) is 4.79 Å². The lowest BCUT2D eigenvalue weighted by Gasteiger charge is -2.04.